The molecule has 2 aliphatic rings. The number of ether oxygens (including phenoxy) is 1. The van der Waals surface area contributed by atoms with E-state index in [9.17, 15) is 0 Å². The second kappa shape index (κ2) is 9.57. The summed E-state index contributed by atoms with van der Waals surface area (Å²) in [4.78, 5) is 0. The van der Waals surface area contributed by atoms with Gasteiger partial charge in [0, 0.05) is 0 Å². The molecule has 0 bridgehead atoms. The van der Waals surface area contributed by atoms with Crippen LogP contribution in [0.1, 0.15) is 81.6 Å². The normalized spacial score (nSPS) is 23.1. The maximum absolute atomic E-state index is 6.90. The van der Waals surface area contributed by atoms with Gasteiger partial charge in [0.15, 0.2) is 0 Å². The van der Waals surface area contributed by atoms with Gasteiger partial charge in [0.1, 0.15) is 0 Å². The molecule has 2 rings (SSSR count). The van der Waals surface area contributed by atoms with Crippen LogP contribution in [0, 0.1) is 10.8 Å². The van der Waals surface area contributed by atoms with Gasteiger partial charge >= 0.3 is 174 Å². The first-order valence-electron chi connectivity index (χ1n) is 9.88. The van der Waals surface area contributed by atoms with Gasteiger partial charge in [-0.1, -0.05) is 0 Å². The first-order chi connectivity index (χ1) is 11.6. The predicted molar refractivity (Wildman–Crippen MR) is 109 cm³/mol. The van der Waals surface area contributed by atoms with Crippen molar-refractivity contribution >= 4 is 0 Å². The minimum atomic E-state index is -0.267. The summed E-state index contributed by atoms with van der Waals surface area (Å²) in [6.07, 6.45) is 12.5. The molecule has 0 amide bonds. The Labute approximate surface area is 197 Å². The quantitative estimate of drug-likeness (QED) is 0.573. The minimum absolute atomic E-state index is 0. The van der Waals surface area contributed by atoms with Crippen LogP contribution in [0.25, 0.3) is 0 Å². The molecule has 0 aliphatic heterocycles. The van der Waals surface area contributed by atoms with Gasteiger partial charge in [0.05, 0.1) is 0 Å². The van der Waals surface area contributed by atoms with Gasteiger partial charge in [0.25, 0.3) is 0 Å². The Morgan fingerprint density at radius 3 is 1.93 bits per heavy atom. The van der Waals surface area contributed by atoms with Crippen LogP contribution in [0.15, 0.2) is 44.9 Å². The van der Waals surface area contributed by atoms with E-state index in [1.807, 2.05) is 0 Å². The summed E-state index contributed by atoms with van der Waals surface area (Å²) in [7, 11) is 0. The van der Waals surface area contributed by atoms with E-state index < -0.39 is 0 Å². The summed E-state index contributed by atoms with van der Waals surface area (Å²) in [5, 5.41) is 0. The van der Waals surface area contributed by atoms with Gasteiger partial charge in [-0.25, -0.2) is 0 Å². The third kappa shape index (κ3) is 6.88. The Bertz CT molecular complexity index is 679. The van der Waals surface area contributed by atoms with E-state index in [2.05, 4.69) is 107 Å². The summed E-state index contributed by atoms with van der Waals surface area (Å²) in [5.41, 5.74) is 4.10. The molecule has 4 heteroatoms. The SMILES string of the molecule is CC(C)(C)OC1(CC2=[C]([Ti+2])CC=C2)CC=C(C(C)(C)C)C=C1C(C)(C)C.[Cl-].[Cl-]. The summed E-state index contributed by atoms with van der Waals surface area (Å²) in [5.74, 6) is 0. The molecule has 1 atom stereocenters. The van der Waals surface area contributed by atoms with E-state index in [1.54, 1.807) is 0 Å². The topological polar surface area (TPSA) is 9.23 Å². The fraction of sp³-hybridized carbons (Fsp3) is 0.667. The van der Waals surface area contributed by atoms with E-state index in [-0.39, 0.29) is 46.8 Å². The van der Waals surface area contributed by atoms with Crippen LogP contribution in [0.5, 0.6) is 0 Å². The van der Waals surface area contributed by atoms with E-state index in [0.717, 1.165) is 19.3 Å². The number of hydrogen-bond acceptors (Lipinski definition) is 1. The maximum atomic E-state index is 6.90. The third-order valence-corrected chi connectivity index (χ3v) is 5.94. The number of halogens is 2. The van der Waals surface area contributed by atoms with Crippen LogP contribution in [0.4, 0.5) is 0 Å². The molecular formula is C24H37Cl2OTi. The zero-order chi connectivity index (χ0) is 20.0. The zero-order valence-electron chi connectivity index (χ0n) is 19.1. The second-order valence-electron chi connectivity index (χ2n) is 10.9. The van der Waals surface area contributed by atoms with Crippen molar-refractivity contribution in [1.29, 1.82) is 0 Å². The molecule has 0 aromatic heterocycles. The molecule has 0 heterocycles. The zero-order valence-corrected chi connectivity index (χ0v) is 22.2. The van der Waals surface area contributed by atoms with Crippen molar-refractivity contribution in [3.05, 3.63) is 44.9 Å². The second-order valence-corrected chi connectivity index (χ2v) is 11.9. The smallest absolute Gasteiger partial charge is 1.00 e. The van der Waals surface area contributed by atoms with E-state index in [1.165, 1.54) is 20.6 Å². The van der Waals surface area contributed by atoms with Crippen LogP contribution >= 0.6 is 0 Å². The Hall–Kier alpha value is 0.214. The molecule has 1 nitrogen and oxygen atoms in total. The largest absolute Gasteiger partial charge is 1.00 e. The van der Waals surface area contributed by atoms with Gasteiger partial charge < -0.3 is 24.8 Å². The summed E-state index contributed by atoms with van der Waals surface area (Å²) >= 11 is 2.26. The fourth-order valence-corrected chi connectivity index (χ4v) is 4.52. The molecule has 0 spiro atoms. The van der Waals surface area contributed by atoms with Gasteiger partial charge in [-0.15, -0.1) is 0 Å². The summed E-state index contributed by atoms with van der Waals surface area (Å²) in [6.45, 7) is 20.5. The molecule has 157 valence electrons. The molecule has 0 N–H and O–H groups in total. The Morgan fingerprint density at radius 1 is 0.964 bits per heavy atom. The fourth-order valence-electron chi connectivity index (χ4n) is 4.06. The first kappa shape index (κ1) is 28.2. The standard InChI is InChI=1S/C24H37O.2ClH.Ti/c1-21(2,3)19-14-15-24(25-23(7,8)9,17-18-12-10-11-13-18)20(16-19)22(4,5)6;;;/h10,12,14,16H,11,15,17H2,1-9H3;2*1H;/q;;;+2/p-2. The van der Waals surface area contributed by atoms with Crippen LogP contribution in [-0.4, -0.2) is 11.2 Å². The summed E-state index contributed by atoms with van der Waals surface area (Å²) in [6, 6.07) is 0. The molecule has 0 aromatic rings. The van der Waals surface area contributed by atoms with E-state index >= 15 is 0 Å². The molecule has 0 aromatic carbocycles. The minimum Gasteiger partial charge on any atom is -1.00 e. The molecule has 0 radical (unpaired) electrons. The van der Waals surface area contributed by atoms with Crippen molar-refractivity contribution in [2.75, 3.05) is 0 Å². The van der Waals surface area contributed by atoms with Crippen LogP contribution in [0.2, 0.25) is 0 Å². The van der Waals surface area contributed by atoms with Gasteiger partial charge in [-0.05, 0) is 0 Å². The number of allylic oxidation sites excluding steroid dienone is 5. The molecule has 28 heavy (non-hydrogen) atoms. The Kier molecular flexibility index (Phi) is 9.64. The van der Waals surface area contributed by atoms with Gasteiger partial charge in [0.2, 0.25) is 0 Å². The van der Waals surface area contributed by atoms with Gasteiger partial charge in [-0.3, -0.25) is 0 Å². The van der Waals surface area contributed by atoms with Crippen molar-refractivity contribution in [3.8, 4) is 0 Å². The average molecular weight is 460 g/mol. The molecule has 0 fully saturated rings. The van der Waals surface area contributed by atoms with E-state index in [4.69, 9.17) is 4.74 Å². The Balaban J connectivity index is 0.00000364. The van der Waals surface area contributed by atoms with Crippen molar-refractivity contribution in [3.63, 3.8) is 0 Å². The summed E-state index contributed by atoms with van der Waals surface area (Å²) < 4.78 is 8.38. The molecule has 0 saturated heterocycles. The number of hydrogen-bond donors (Lipinski definition) is 0. The average Bonchev–Trinajstić information content (AvgIpc) is 2.79. The molecular weight excluding hydrogens is 423 g/mol. The predicted octanol–water partition coefficient (Wildman–Crippen LogP) is 1.05. The third-order valence-electron chi connectivity index (χ3n) is 5.12. The first-order valence-corrected chi connectivity index (χ1v) is 10.7. The van der Waals surface area contributed by atoms with E-state index in [0.29, 0.717) is 0 Å². The van der Waals surface area contributed by atoms with Crippen LogP contribution in [0.3, 0.4) is 0 Å². The van der Waals surface area contributed by atoms with Crippen molar-refractivity contribution in [2.45, 2.75) is 92.8 Å². The Morgan fingerprint density at radius 2 is 1.54 bits per heavy atom. The monoisotopic (exact) mass is 459 g/mol. The maximum Gasteiger partial charge on any atom is -1.00 e. The van der Waals surface area contributed by atoms with Crippen molar-refractivity contribution in [1.82, 2.24) is 0 Å². The van der Waals surface area contributed by atoms with Gasteiger partial charge in [-0.2, -0.15) is 0 Å². The van der Waals surface area contributed by atoms with Crippen molar-refractivity contribution < 1.29 is 50.0 Å². The van der Waals surface area contributed by atoms with Crippen LogP contribution in [-0.2, 0) is 25.2 Å². The van der Waals surface area contributed by atoms with Crippen molar-refractivity contribution in [2.24, 2.45) is 10.8 Å². The van der Waals surface area contributed by atoms with Crippen LogP contribution < -0.4 is 24.8 Å². The molecule has 2 aliphatic carbocycles. The number of rotatable bonds is 3. The molecule has 1 unspecified atom stereocenters. The molecule has 0 saturated carbocycles.